The second-order valence-electron chi connectivity index (χ2n) is 7.86. The van der Waals surface area contributed by atoms with Crippen molar-refractivity contribution in [2.24, 2.45) is 0 Å². The van der Waals surface area contributed by atoms with Gasteiger partial charge in [-0.2, -0.15) is 23.4 Å². The van der Waals surface area contributed by atoms with Crippen LogP contribution < -0.4 is 5.32 Å². The zero-order valence-corrected chi connectivity index (χ0v) is 19.4. The Morgan fingerprint density at radius 1 is 0.971 bits per heavy atom. The van der Waals surface area contributed by atoms with Crippen LogP contribution in [0.15, 0.2) is 54.6 Å². The summed E-state index contributed by atoms with van der Waals surface area (Å²) in [4.78, 5) is 12.9. The fourth-order valence-electron chi connectivity index (χ4n) is 3.77. The lowest BCUT2D eigenvalue weighted by Crippen LogP contribution is -2.25. The Hall–Kier alpha value is -3.59. The van der Waals surface area contributed by atoms with Crippen LogP contribution in [-0.4, -0.2) is 25.5 Å². The van der Waals surface area contributed by atoms with Crippen molar-refractivity contribution in [3.05, 3.63) is 93.5 Å². The van der Waals surface area contributed by atoms with Crippen LogP contribution >= 0.6 is 11.6 Å². The predicted molar refractivity (Wildman–Crippen MR) is 123 cm³/mol. The molecule has 4 aromatic rings. The molecule has 0 spiro atoms. The number of nitrogens with zero attached hydrogens (tertiary/aromatic N) is 4. The van der Waals surface area contributed by atoms with Crippen LogP contribution in [0, 0.1) is 20.8 Å². The van der Waals surface area contributed by atoms with Gasteiger partial charge < -0.3 is 5.32 Å². The third-order valence-electron chi connectivity index (χ3n) is 5.32. The van der Waals surface area contributed by atoms with Crippen LogP contribution in [0.3, 0.4) is 0 Å². The van der Waals surface area contributed by atoms with Crippen molar-refractivity contribution in [2.45, 2.75) is 33.5 Å². The van der Waals surface area contributed by atoms with Gasteiger partial charge in [0, 0.05) is 12.2 Å². The lowest BCUT2D eigenvalue weighted by molar-refractivity contribution is -0.138. The summed E-state index contributed by atoms with van der Waals surface area (Å²) in [6, 6.07) is 14.7. The van der Waals surface area contributed by atoms with Gasteiger partial charge in [-0.3, -0.25) is 4.79 Å². The highest BCUT2D eigenvalue weighted by atomic mass is 35.5. The summed E-state index contributed by atoms with van der Waals surface area (Å²) in [6.45, 7) is 4.82. The normalized spacial score (nSPS) is 11.6. The summed E-state index contributed by atoms with van der Waals surface area (Å²) in [6.07, 6.45) is -4.61. The molecule has 0 aliphatic rings. The maximum absolute atomic E-state index is 13.8. The fourth-order valence-corrected chi connectivity index (χ4v) is 4.12. The van der Waals surface area contributed by atoms with Gasteiger partial charge in [0.2, 0.25) is 0 Å². The van der Waals surface area contributed by atoms with Crippen LogP contribution in [0.4, 0.5) is 13.2 Å². The topological polar surface area (TPSA) is 64.7 Å². The highest BCUT2D eigenvalue weighted by Gasteiger charge is 2.34. The summed E-state index contributed by atoms with van der Waals surface area (Å²) >= 11 is 6.40. The molecule has 0 saturated heterocycles. The van der Waals surface area contributed by atoms with Crippen LogP contribution in [0.1, 0.15) is 38.6 Å². The van der Waals surface area contributed by atoms with Gasteiger partial charge in [0.05, 0.1) is 33.9 Å². The average molecular weight is 488 g/mol. The first-order valence-electron chi connectivity index (χ1n) is 10.4. The van der Waals surface area contributed by atoms with E-state index in [1.165, 1.54) is 15.4 Å². The van der Waals surface area contributed by atoms with Crippen molar-refractivity contribution in [2.75, 3.05) is 0 Å². The first kappa shape index (κ1) is 23.6. The molecule has 1 N–H and O–H groups in total. The van der Waals surface area contributed by atoms with E-state index in [0.717, 1.165) is 6.07 Å². The molecule has 1 amide bonds. The second-order valence-corrected chi connectivity index (χ2v) is 8.22. The fraction of sp³-hybridized carbons (Fsp3) is 0.208. The Labute approximate surface area is 199 Å². The van der Waals surface area contributed by atoms with Gasteiger partial charge in [-0.25, -0.2) is 9.36 Å². The Morgan fingerprint density at radius 2 is 1.68 bits per heavy atom. The summed E-state index contributed by atoms with van der Waals surface area (Å²) in [5.74, 6) is -0.611. The van der Waals surface area contributed by atoms with Crippen LogP contribution in [0.2, 0.25) is 5.15 Å². The summed E-state index contributed by atoms with van der Waals surface area (Å²) in [7, 11) is 0. The minimum Gasteiger partial charge on any atom is -0.348 e. The molecule has 0 bridgehead atoms. The zero-order valence-electron chi connectivity index (χ0n) is 18.6. The highest BCUT2D eigenvalue weighted by Crippen LogP contribution is 2.34. The molecule has 0 atom stereocenters. The van der Waals surface area contributed by atoms with E-state index in [9.17, 15) is 18.0 Å². The summed E-state index contributed by atoms with van der Waals surface area (Å²) in [5.41, 5.74) is 1.92. The van der Waals surface area contributed by atoms with Crippen molar-refractivity contribution >= 4 is 17.5 Å². The monoisotopic (exact) mass is 487 g/mol. The van der Waals surface area contributed by atoms with E-state index in [2.05, 4.69) is 15.5 Å². The third kappa shape index (κ3) is 4.56. The number of carbonyl (C=O) groups is 1. The van der Waals surface area contributed by atoms with Crippen molar-refractivity contribution in [3.63, 3.8) is 0 Å². The van der Waals surface area contributed by atoms with Crippen molar-refractivity contribution in [3.8, 4) is 11.4 Å². The number of nitrogens with one attached hydrogen (secondary N) is 1. The zero-order chi connectivity index (χ0) is 24.6. The molecule has 10 heteroatoms. The Balaban J connectivity index is 1.61. The molecule has 0 radical (unpaired) electrons. The Kier molecular flexibility index (Phi) is 6.22. The molecule has 176 valence electrons. The number of aryl methyl sites for hydroxylation is 3. The SMILES string of the molecule is Cc1cc(C)n(-c2ccc(CNC(=O)c3c(C)nn(-c4ccccc4)c3Cl)c(C(F)(F)F)c2)n1. The lowest BCUT2D eigenvalue weighted by Gasteiger charge is -2.16. The minimum absolute atomic E-state index is 0.0737. The predicted octanol–water partition coefficient (Wildman–Crippen LogP) is 5.59. The minimum atomic E-state index is -4.61. The smallest absolute Gasteiger partial charge is 0.348 e. The standard InChI is InChI=1S/C24H21ClF3N5O/c1-14-11-15(2)32(30-14)19-10-9-17(20(12-19)24(26,27)28)13-29-23(34)21-16(3)31-33(22(21)25)18-7-5-4-6-8-18/h4-12H,13H2,1-3H3,(H,29,34). The number of halogens is 4. The number of para-hydroxylation sites is 1. The molecular formula is C24H21ClF3N5O. The molecule has 0 aliphatic carbocycles. The molecular weight excluding hydrogens is 467 g/mol. The number of alkyl halides is 3. The van der Waals surface area contributed by atoms with Gasteiger partial charge >= 0.3 is 6.18 Å². The summed E-state index contributed by atoms with van der Waals surface area (Å²) in [5, 5.41) is 11.2. The van der Waals surface area contributed by atoms with Gasteiger partial charge in [-0.05, 0) is 56.7 Å². The number of rotatable bonds is 5. The van der Waals surface area contributed by atoms with E-state index in [1.54, 1.807) is 57.2 Å². The molecule has 6 nitrogen and oxygen atoms in total. The Bertz CT molecular complexity index is 1360. The molecule has 34 heavy (non-hydrogen) atoms. The van der Waals surface area contributed by atoms with E-state index in [4.69, 9.17) is 11.6 Å². The number of amides is 1. The van der Waals surface area contributed by atoms with Crippen LogP contribution in [0.5, 0.6) is 0 Å². The maximum Gasteiger partial charge on any atom is 0.416 e. The molecule has 0 fully saturated rings. The largest absolute Gasteiger partial charge is 0.416 e. The van der Waals surface area contributed by atoms with Crippen molar-refractivity contribution in [1.82, 2.24) is 24.9 Å². The maximum atomic E-state index is 13.8. The third-order valence-corrected chi connectivity index (χ3v) is 5.67. The number of benzene rings is 2. The van der Waals surface area contributed by atoms with Crippen molar-refractivity contribution in [1.29, 1.82) is 0 Å². The highest BCUT2D eigenvalue weighted by molar-refractivity contribution is 6.33. The molecule has 2 aromatic heterocycles. The van der Waals surface area contributed by atoms with Gasteiger partial charge in [0.15, 0.2) is 0 Å². The van der Waals surface area contributed by atoms with Gasteiger partial charge in [0.1, 0.15) is 5.15 Å². The van der Waals surface area contributed by atoms with Crippen LogP contribution in [-0.2, 0) is 12.7 Å². The Morgan fingerprint density at radius 3 is 2.29 bits per heavy atom. The molecule has 0 saturated carbocycles. The number of aromatic nitrogens is 4. The van der Waals surface area contributed by atoms with E-state index in [1.807, 2.05) is 6.07 Å². The van der Waals surface area contributed by atoms with Gasteiger partial charge in [-0.15, -0.1) is 0 Å². The number of hydrogen-bond acceptors (Lipinski definition) is 3. The average Bonchev–Trinajstić information content (AvgIpc) is 3.29. The lowest BCUT2D eigenvalue weighted by atomic mass is 10.1. The molecule has 2 aromatic carbocycles. The molecule has 4 rings (SSSR count). The number of carbonyl (C=O) groups excluding carboxylic acids is 1. The van der Waals surface area contributed by atoms with E-state index in [-0.39, 0.29) is 28.5 Å². The quantitative estimate of drug-likeness (QED) is 0.399. The first-order valence-corrected chi connectivity index (χ1v) is 10.8. The number of hydrogen-bond donors (Lipinski definition) is 1. The van der Waals surface area contributed by atoms with E-state index in [0.29, 0.717) is 22.8 Å². The van der Waals surface area contributed by atoms with Crippen molar-refractivity contribution < 1.29 is 18.0 Å². The van der Waals surface area contributed by atoms with Gasteiger partial charge in [0.25, 0.3) is 5.91 Å². The summed E-state index contributed by atoms with van der Waals surface area (Å²) < 4.78 is 44.4. The van der Waals surface area contributed by atoms with E-state index < -0.39 is 17.6 Å². The molecule has 0 unspecified atom stereocenters. The van der Waals surface area contributed by atoms with E-state index >= 15 is 0 Å². The second kappa shape index (κ2) is 8.98. The first-order chi connectivity index (χ1) is 16.1. The van der Waals surface area contributed by atoms with Crippen LogP contribution in [0.25, 0.3) is 11.4 Å². The molecule has 2 heterocycles. The molecule has 0 aliphatic heterocycles. The van der Waals surface area contributed by atoms with Gasteiger partial charge in [-0.1, -0.05) is 35.9 Å².